The SMILES string of the molecule is N#Cc1cc(CO)ccc1Oc1cccc(Br)c1. The minimum Gasteiger partial charge on any atom is -0.456 e. The van der Waals surface area contributed by atoms with Gasteiger partial charge in [0, 0.05) is 4.47 Å². The Bertz CT molecular complexity index is 605. The van der Waals surface area contributed by atoms with Crippen molar-refractivity contribution in [3.8, 4) is 17.6 Å². The Kier molecular flexibility index (Phi) is 3.98. The maximum Gasteiger partial charge on any atom is 0.145 e. The van der Waals surface area contributed by atoms with Gasteiger partial charge in [-0.2, -0.15) is 5.26 Å². The van der Waals surface area contributed by atoms with Crippen LogP contribution in [0.25, 0.3) is 0 Å². The van der Waals surface area contributed by atoms with Crippen molar-refractivity contribution in [3.63, 3.8) is 0 Å². The number of hydrogen-bond acceptors (Lipinski definition) is 3. The van der Waals surface area contributed by atoms with Gasteiger partial charge in [0.1, 0.15) is 17.6 Å². The van der Waals surface area contributed by atoms with E-state index in [2.05, 4.69) is 22.0 Å². The smallest absolute Gasteiger partial charge is 0.145 e. The molecule has 0 atom stereocenters. The second kappa shape index (κ2) is 5.67. The van der Waals surface area contributed by atoms with E-state index >= 15 is 0 Å². The molecule has 2 aromatic carbocycles. The first-order chi connectivity index (χ1) is 8.72. The summed E-state index contributed by atoms with van der Waals surface area (Å²) in [5.74, 6) is 1.13. The topological polar surface area (TPSA) is 53.2 Å². The third-order valence-corrected chi connectivity index (χ3v) is 2.86. The standard InChI is InChI=1S/C14H10BrNO2/c15-12-2-1-3-13(7-12)18-14-5-4-10(9-17)6-11(14)8-16/h1-7,17H,9H2. The van der Waals surface area contributed by atoms with Gasteiger partial charge < -0.3 is 9.84 Å². The third kappa shape index (κ3) is 2.89. The number of ether oxygens (including phenoxy) is 1. The summed E-state index contributed by atoms with van der Waals surface area (Å²) in [4.78, 5) is 0. The van der Waals surface area contributed by atoms with E-state index in [1.807, 2.05) is 24.3 Å². The number of halogens is 1. The number of nitriles is 1. The molecule has 4 heteroatoms. The summed E-state index contributed by atoms with van der Waals surface area (Å²) in [6.45, 7) is -0.0914. The molecule has 0 aromatic heterocycles. The Morgan fingerprint density at radius 3 is 2.72 bits per heavy atom. The molecule has 0 unspecified atom stereocenters. The molecule has 18 heavy (non-hydrogen) atoms. The molecule has 0 bridgehead atoms. The van der Waals surface area contributed by atoms with Crippen LogP contribution in [0.15, 0.2) is 46.9 Å². The summed E-state index contributed by atoms with van der Waals surface area (Å²) < 4.78 is 6.55. The summed E-state index contributed by atoms with van der Waals surface area (Å²) in [6, 6.07) is 14.5. The molecule has 0 saturated heterocycles. The zero-order chi connectivity index (χ0) is 13.0. The first kappa shape index (κ1) is 12.6. The van der Waals surface area contributed by atoms with Crippen LogP contribution in [0.1, 0.15) is 11.1 Å². The highest BCUT2D eigenvalue weighted by molar-refractivity contribution is 9.10. The van der Waals surface area contributed by atoms with Crippen molar-refractivity contribution in [1.29, 1.82) is 5.26 Å². The van der Waals surface area contributed by atoms with Crippen LogP contribution >= 0.6 is 15.9 Å². The van der Waals surface area contributed by atoms with Gasteiger partial charge in [0.25, 0.3) is 0 Å². The Balaban J connectivity index is 2.32. The summed E-state index contributed by atoms with van der Waals surface area (Å²) in [5.41, 5.74) is 1.09. The molecule has 1 N–H and O–H groups in total. The van der Waals surface area contributed by atoms with E-state index < -0.39 is 0 Å². The monoisotopic (exact) mass is 303 g/mol. The van der Waals surface area contributed by atoms with Crippen LogP contribution in [-0.4, -0.2) is 5.11 Å². The minimum absolute atomic E-state index is 0.0914. The van der Waals surface area contributed by atoms with Crippen molar-refractivity contribution in [2.45, 2.75) is 6.61 Å². The van der Waals surface area contributed by atoms with Gasteiger partial charge in [-0.1, -0.05) is 28.1 Å². The summed E-state index contributed by atoms with van der Waals surface area (Å²) in [5, 5.41) is 18.1. The Hall–Kier alpha value is -1.83. The van der Waals surface area contributed by atoms with E-state index in [0.717, 1.165) is 4.47 Å². The van der Waals surface area contributed by atoms with E-state index in [4.69, 9.17) is 15.1 Å². The van der Waals surface area contributed by atoms with Gasteiger partial charge in [0.15, 0.2) is 0 Å². The molecule has 2 rings (SSSR count). The fourth-order valence-electron chi connectivity index (χ4n) is 1.51. The molecular formula is C14H10BrNO2. The van der Waals surface area contributed by atoms with Crippen molar-refractivity contribution in [3.05, 3.63) is 58.1 Å². The lowest BCUT2D eigenvalue weighted by Gasteiger charge is -2.08. The molecule has 0 radical (unpaired) electrons. The summed E-state index contributed by atoms with van der Waals surface area (Å²) >= 11 is 3.36. The van der Waals surface area contributed by atoms with Crippen molar-refractivity contribution in [1.82, 2.24) is 0 Å². The number of benzene rings is 2. The van der Waals surface area contributed by atoms with Gasteiger partial charge in [-0.15, -0.1) is 0 Å². The van der Waals surface area contributed by atoms with Crippen LogP contribution in [0.4, 0.5) is 0 Å². The molecule has 0 fully saturated rings. The van der Waals surface area contributed by atoms with Gasteiger partial charge >= 0.3 is 0 Å². The maximum atomic E-state index is 9.05. The molecule has 0 saturated carbocycles. The van der Waals surface area contributed by atoms with Crippen LogP contribution in [0.5, 0.6) is 11.5 Å². The normalized spacial score (nSPS) is 9.83. The zero-order valence-electron chi connectivity index (χ0n) is 9.43. The molecule has 0 aliphatic rings. The van der Waals surface area contributed by atoms with Crippen LogP contribution in [0.2, 0.25) is 0 Å². The third-order valence-electron chi connectivity index (χ3n) is 2.37. The lowest BCUT2D eigenvalue weighted by molar-refractivity contribution is 0.281. The number of nitrogens with zero attached hydrogens (tertiary/aromatic N) is 1. The highest BCUT2D eigenvalue weighted by Gasteiger charge is 2.06. The predicted molar refractivity (Wildman–Crippen MR) is 71.3 cm³/mol. The number of aliphatic hydroxyl groups is 1. The highest BCUT2D eigenvalue weighted by atomic mass is 79.9. The van der Waals surface area contributed by atoms with E-state index in [-0.39, 0.29) is 6.61 Å². The fourth-order valence-corrected chi connectivity index (χ4v) is 1.89. The molecule has 0 spiro atoms. The predicted octanol–water partition coefficient (Wildman–Crippen LogP) is 3.61. The van der Waals surface area contributed by atoms with Crippen LogP contribution in [0.3, 0.4) is 0 Å². The fraction of sp³-hybridized carbons (Fsp3) is 0.0714. The molecular weight excluding hydrogens is 294 g/mol. The quantitative estimate of drug-likeness (QED) is 0.942. The van der Waals surface area contributed by atoms with E-state index in [0.29, 0.717) is 22.6 Å². The Morgan fingerprint density at radius 2 is 2.06 bits per heavy atom. The number of aliphatic hydroxyl groups excluding tert-OH is 1. The first-order valence-corrected chi connectivity index (χ1v) is 6.09. The minimum atomic E-state index is -0.0914. The van der Waals surface area contributed by atoms with Gasteiger partial charge in [-0.25, -0.2) is 0 Å². The summed E-state index contributed by atoms with van der Waals surface area (Å²) in [6.07, 6.45) is 0. The molecule has 0 aliphatic heterocycles. The number of rotatable bonds is 3. The van der Waals surface area contributed by atoms with Crippen molar-refractivity contribution >= 4 is 15.9 Å². The van der Waals surface area contributed by atoms with Crippen molar-refractivity contribution < 1.29 is 9.84 Å². The molecule has 0 heterocycles. The van der Waals surface area contributed by atoms with E-state index in [1.54, 1.807) is 18.2 Å². The van der Waals surface area contributed by atoms with Crippen molar-refractivity contribution in [2.75, 3.05) is 0 Å². The van der Waals surface area contributed by atoms with Gasteiger partial charge in [0.2, 0.25) is 0 Å². The second-order valence-corrected chi connectivity index (χ2v) is 4.58. The Morgan fingerprint density at radius 1 is 1.22 bits per heavy atom. The second-order valence-electron chi connectivity index (χ2n) is 3.66. The molecule has 3 nitrogen and oxygen atoms in total. The van der Waals surface area contributed by atoms with Crippen molar-refractivity contribution in [2.24, 2.45) is 0 Å². The van der Waals surface area contributed by atoms with Gasteiger partial charge in [-0.3, -0.25) is 0 Å². The largest absolute Gasteiger partial charge is 0.456 e. The van der Waals surface area contributed by atoms with E-state index in [9.17, 15) is 0 Å². The first-order valence-electron chi connectivity index (χ1n) is 5.30. The molecule has 0 amide bonds. The lowest BCUT2D eigenvalue weighted by atomic mass is 10.1. The highest BCUT2D eigenvalue weighted by Crippen LogP contribution is 2.27. The van der Waals surface area contributed by atoms with E-state index in [1.165, 1.54) is 0 Å². The zero-order valence-corrected chi connectivity index (χ0v) is 11.0. The molecule has 2 aromatic rings. The van der Waals surface area contributed by atoms with Gasteiger partial charge in [0.05, 0.1) is 12.2 Å². The van der Waals surface area contributed by atoms with Crippen LogP contribution in [-0.2, 0) is 6.61 Å². The van der Waals surface area contributed by atoms with Crippen LogP contribution in [0, 0.1) is 11.3 Å². The van der Waals surface area contributed by atoms with Gasteiger partial charge in [-0.05, 0) is 35.9 Å². The average molecular weight is 304 g/mol. The molecule has 0 aliphatic carbocycles. The lowest BCUT2D eigenvalue weighted by Crippen LogP contribution is -1.91. The number of hydrogen-bond donors (Lipinski definition) is 1. The summed E-state index contributed by atoms with van der Waals surface area (Å²) in [7, 11) is 0. The average Bonchev–Trinajstić information content (AvgIpc) is 2.39. The van der Waals surface area contributed by atoms with Crippen LogP contribution < -0.4 is 4.74 Å². The Labute approximate surface area is 113 Å². The molecule has 90 valence electrons. The maximum absolute atomic E-state index is 9.05.